The Balaban J connectivity index is 1.36. The van der Waals surface area contributed by atoms with Gasteiger partial charge in [0.1, 0.15) is 0 Å². The Hall–Kier alpha value is -1.15. The molecule has 1 aromatic heterocycles. The van der Waals surface area contributed by atoms with Crippen molar-refractivity contribution in [1.82, 2.24) is 20.4 Å². The maximum atomic E-state index is 5.39. The third-order valence-corrected chi connectivity index (χ3v) is 6.10. The van der Waals surface area contributed by atoms with Crippen molar-refractivity contribution in [2.45, 2.75) is 25.9 Å². The Bertz CT molecular complexity index is 555. The number of nitrogens with one attached hydrogen (secondary N) is 2. The number of nitrogens with zero attached hydrogens (tertiary/aromatic N) is 3. The lowest BCUT2D eigenvalue weighted by Gasteiger charge is -2.33. The maximum absolute atomic E-state index is 5.39. The molecule has 0 saturated carbocycles. The summed E-state index contributed by atoms with van der Waals surface area (Å²) in [5.74, 6) is 0.897. The van der Waals surface area contributed by atoms with Gasteiger partial charge in [-0.2, -0.15) is 0 Å². The number of ether oxygens (including phenoxy) is 1. The van der Waals surface area contributed by atoms with Crippen molar-refractivity contribution >= 4 is 17.3 Å². The molecular weight excluding hydrogens is 334 g/mol. The number of rotatable bonds is 6. The van der Waals surface area contributed by atoms with Gasteiger partial charge in [-0.05, 0) is 30.4 Å². The highest BCUT2D eigenvalue weighted by molar-refractivity contribution is 7.10. The second-order valence-corrected chi connectivity index (χ2v) is 7.77. The lowest BCUT2D eigenvalue weighted by atomic mass is 10.1. The van der Waals surface area contributed by atoms with Gasteiger partial charge in [-0.1, -0.05) is 0 Å². The van der Waals surface area contributed by atoms with Crippen molar-refractivity contribution in [1.29, 1.82) is 0 Å². The van der Waals surface area contributed by atoms with Gasteiger partial charge < -0.3 is 15.4 Å². The van der Waals surface area contributed by atoms with E-state index in [1.54, 1.807) is 4.88 Å². The zero-order valence-corrected chi connectivity index (χ0v) is 16.3. The van der Waals surface area contributed by atoms with Crippen LogP contribution in [0.4, 0.5) is 0 Å². The topological polar surface area (TPSA) is 52.1 Å². The zero-order valence-electron chi connectivity index (χ0n) is 15.5. The molecule has 1 unspecified atom stereocenters. The van der Waals surface area contributed by atoms with Crippen molar-refractivity contribution in [3.05, 3.63) is 21.9 Å². The standard InChI is InChI=1S/C18H31N5OS/c1-15(23-6-3-17-16(14-23)4-12-25-17)13-21-18(19-2)20-5-7-22-8-10-24-11-9-22/h4,12,15H,3,5-11,13-14H2,1-2H3,(H2,19,20,21). The Morgan fingerprint density at radius 1 is 1.32 bits per heavy atom. The highest BCUT2D eigenvalue weighted by Gasteiger charge is 2.21. The van der Waals surface area contributed by atoms with E-state index in [0.717, 1.165) is 65.0 Å². The summed E-state index contributed by atoms with van der Waals surface area (Å²) in [7, 11) is 1.84. The fraction of sp³-hybridized carbons (Fsp3) is 0.722. The molecule has 3 rings (SSSR count). The lowest BCUT2D eigenvalue weighted by Crippen LogP contribution is -2.48. The highest BCUT2D eigenvalue weighted by atomic mass is 32.1. The van der Waals surface area contributed by atoms with E-state index < -0.39 is 0 Å². The minimum atomic E-state index is 0.492. The molecule has 7 heteroatoms. The second kappa shape index (κ2) is 9.52. The van der Waals surface area contributed by atoms with Crippen LogP contribution in [0.3, 0.4) is 0 Å². The fourth-order valence-electron chi connectivity index (χ4n) is 3.40. The summed E-state index contributed by atoms with van der Waals surface area (Å²) in [6.45, 7) is 11.2. The third-order valence-electron chi connectivity index (χ3n) is 5.07. The van der Waals surface area contributed by atoms with E-state index in [-0.39, 0.29) is 0 Å². The molecule has 0 bridgehead atoms. The summed E-state index contributed by atoms with van der Waals surface area (Å²) < 4.78 is 5.39. The molecule has 0 radical (unpaired) electrons. The molecule has 0 spiro atoms. The van der Waals surface area contributed by atoms with Crippen molar-refractivity contribution in [3.63, 3.8) is 0 Å². The average molecular weight is 366 g/mol. The molecular formula is C18H31N5OS. The van der Waals surface area contributed by atoms with Crippen LogP contribution in [0.25, 0.3) is 0 Å². The van der Waals surface area contributed by atoms with E-state index in [1.807, 2.05) is 18.4 Å². The first-order valence-corrected chi connectivity index (χ1v) is 10.2. The van der Waals surface area contributed by atoms with Crippen LogP contribution in [0.15, 0.2) is 16.4 Å². The SMILES string of the molecule is CN=C(NCCN1CCOCC1)NCC(C)N1CCc2sccc2C1. The first kappa shape index (κ1) is 18.6. The van der Waals surface area contributed by atoms with Crippen molar-refractivity contribution < 1.29 is 4.74 Å². The van der Waals surface area contributed by atoms with Gasteiger partial charge in [0, 0.05) is 63.8 Å². The van der Waals surface area contributed by atoms with E-state index in [2.05, 4.69) is 43.8 Å². The van der Waals surface area contributed by atoms with Crippen LogP contribution in [0, 0.1) is 0 Å². The minimum absolute atomic E-state index is 0.492. The molecule has 6 nitrogen and oxygen atoms in total. The smallest absolute Gasteiger partial charge is 0.191 e. The summed E-state index contributed by atoms with van der Waals surface area (Å²) >= 11 is 1.90. The maximum Gasteiger partial charge on any atom is 0.191 e. The molecule has 1 saturated heterocycles. The predicted molar refractivity (Wildman–Crippen MR) is 105 cm³/mol. The minimum Gasteiger partial charge on any atom is -0.379 e. The molecule has 0 aromatic carbocycles. The lowest BCUT2D eigenvalue weighted by molar-refractivity contribution is 0.0389. The van der Waals surface area contributed by atoms with Crippen molar-refractivity contribution in [2.24, 2.45) is 4.99 Å². The molecule has 2 N–H and O–H groups in total. The monoisotopic (exact) mass is 365 g/mol. The summed E-state index contributed by atoms with van der Waals surface area (Å²) in [4.78, 5) is 10.9. The molecule has 1 fully saturated rings. The van der Waals surface area contributed by atoms with Gasteiger partial charge in [0.25, 0.3) is 0 Å². The molecule has 2 aliphatic rings. The molecule has 3 heterocycles. The quantitative estimate of drug-likeness (QED) is 0.582. The van der Waals surface area contributed by atoms with Crippen LogP contribution in [-0.2, 0) is 17.7 Å². The molecule has 2 aliphatic heterocycles. The summed E-state index contributed by atoms with van der Waals surface area (Å²) in [6.07, 6.45) is 1.18. The van der Waals surface area contributed by atoms with Gasteiger partial charge in [0.2, 0.25) is 0 Å². The number of hydrogen-bond acceptors (Lipinski definition) is 5. The van der Waals surface area contributed by atoms with Crippen molar-refractivity contribution in [2.75, 3.05) is 59.5 Å². The van der Waals surface area contributed by atoms with Crippen LogP contribution in [-0.4, -0.2) is 81.3 Å². The van der Waals surface area contributed by atoms with E-state index in [9.17, 15) is 0 Å². The predicted octanol–water partition coefficient (Wildman–Crippen LogP) is 0.992. The van der Waals surface area contributed by atoms with Crippen LogP contribution in [0.2, 0.25) is 0 Å². The molecule has 1 aromatic rings. The first-order chi connectivity index (χ1) is 12.3. The number of hydrogen-bond donors (Lipinski definition) is 2. The van der Waals surface area contributed by atoms with E-state index in [0.29, 0.717) is 6.04 Å². The number of aliphatic imine (C=N–C) groups is 1. The number of thiophene rings is 1. The van der Waals surface area contributed by atoms with Crippen LogP contribution in [0.1, 0.15) is 17.4 Å². The van der Waals surface area contributed by atoms with Crippen LogP contribution in [0.5, 0.6) is 0 Å². The molecule has 140 valence electrons. The Labute approximate surface area is 155 Å². The fourth-order valence-corrected chi connectivity index (χ4v) is 4.29. The molecule has 1 atom stereocenters. The van der Waals surface area contributed by atoms with Gasteiger partial charge >= 0.3 is 0 Å². The van der Waals surface area contributed by atoms with E-state index in [1.165, 1.54) is 12.0 Å². The number of morpholine rings is 1. The van der Waals surface area contributed by atoms with E-state index in [4.69, 9.17) is 4.74 Å². The van der Waals surface area contributed by atoms with Gasteiger partial charge in [0.05, 0.1) is 13.2 Å². The Morgan fingerprint density at radius 2 is 2.16 bits per heavy atom. The van der Waals surface area contributed by atoms with Gasteiger partial charge in [-0.3, -0.25) is 14.8 Å². The van der Waals surface area contributed by atoms with Gasteiger partial charge in [0.15, 0.2) is 5.96 Å². The number of fused-ring (bicyclic) bond motifs is 1. The summed E-state index contributed by atoms with van der Waals surface area (Å²) in [6, 6.07) is 2.77. The Kier molecular flexibility index (Phi) is 7.10. The van der Waals surface area contributed by atoms with Crippen molar-refractivity contribution in [3.8, 4) is 0 Å². The molecule has 0 aliphatic carbocycles. The normalized spacial score (nSPS) is 21.0. The average Bonchev–Trinajstić information content (AvgIpc) is 3.13. The van der Waals surface area contributed by atoms with Crippen LogP contribution >= 0.6 is 11.3 Å². The largest absolute Gasteiger partial charge is 0.379 e. The molecule has 25 heavy (non-hydrogen) atoms. The third kappa shape index (κ3) is 5.41. The second-order valence-electron chi connectivity index (χ2n) is 6.77. The first-order valence-electron chi connectivity index (χ1n) is 9.30. The highest BCUT2D eigenvalue weighted by Crippen LogP contribution is 2.24. The summed E-state index contributed by atoms with van der Waals surface area (Å²) in [5, 5.41) is 9.12. The molecule has 0 amide bonds. The van der Waals surface area contributed by atoms with Gasteiger partial charge in [-0.25, -0.2) is 0 Å². The Morgan fingerprint density at radius 3 is 2.96 bits per heavy atom. The van der Waals surface area contributed by atoms with E-state index >= 15 is 0 Å². The number of guanidine groups is 1. The summed E-state index contributed by atoms with van der Waals surface area (Å²) in [5.41, 5.74) is 1.51. The zero-order chi connectivity index (χ0) is 17.5. The van der Waals surface area contributed by atoms with Gasteiger partial charge in [-0.15, -0.1) is 11.3 Å². The van der Waals surface area contributed by atoms with Crippen LogP contribution < -0.4 is 10.6 Å².